The van der Waals surface area contributed by atoms with Crippen LogP contribution >= 0.6 is 0 Å². The largest absolute Gasteiger partial charge is 0.496 e. The molecule has 2 aromatic carbocycles. The second-order valence-electron chi connectivity index (χ2n) is 7.38. The van der Waals surface area contributed by atoms with Gasteiger partial charge in [-0.25, -0.2) is 9.59 Å². The van der Waals surface area contributed by atoms with E-state index in [4.69, 9.17) is 19.9 Å². The fourth-order valence-corrected chi connectivity index (χ4v) is 3.40. The number of amides is 1. The van der Waals surface area contributed by atoms with Gasteiger partial charge in [0.05, 0.1) is 20.3 Å². The summed E-state index contributed by atoms with van der Waals surface area (Å²) in [5.41, 5.74) is 5.30. The molecule has 0 aliphatic carbocycles. The highest BCUT2D eigenvalue weighted by atomic mass is 16.5. The second kappa shape index (κ2) is 11.7. The van der Waals surface area contributed by atoms with Crippen LogP contribution in [-0.4, -0.2) is 55.4 Å². The van der Waals surface area contributed by atoms with E-state index in [2.05, 4.69) is 4.98 Å². The number of carbonyl (C=O) groups is 2. The van der Waals surface area contributed by atoms with Gasteiger partial charge in [0.2, 0.25) is 0 Å². The molecule has 11 heteroatoms. The Labute approximate surface area is 200 Å². The van der Waals surface area contributed by atoms with Crippen molar-refractivity contribution in [2.24, 2.45) is 0 Å². The Kier molecular flexibility index (Phi) is 8.41. The standard InChI is InChI=1S/C24H26N4O7/c1-33-13-12-27(19(29)15-35-23(31)17-10-6-7-11-18(17)34-2)20-21(25)28(24(32)26-22(20)30)14-16-8-4-3-5-9-16/h3-11H,12-15,25H2,1-2H3,(H,26,30,32). The average Bonchev–Trinajstić information content (AvgIpc) is 2.87. The Morgan fingerprint density at radius 2 is 1.71 bits per heavy atom. The molecule has 0 saturated carbocycles. The van der Waals surface area contributed by atoms with Crippen LogP contribution in [0.4, 0.5) is 11.5 Å². The van der Waals surface area contributed by atoms with E-state index in [-0.39, 0.29) is 42.5 Å². The van der Waals surface area contributed by atoms with Crippen molar-refractivity contribution in [3.05, 3.63) is 86.6 Å². The Morgan fingerprint density at radius 3 is 2.40 bits per heavy atom. The number of anilines is 2. The number of aromatic nitrogens is 2. The molecule has 0 bridgehead atoms. The molecule has 35 heavy (non-hydrogen) atoms. The second-order valence-corrected chi connectivity index (χ2v) is 7.38. The molecule has 0 fully saturated rings. The molecule has 1 amide bonds. The Morgan fingerprint density at radius 1 is 1.03 bits per heavy atom. The zero-order chi connectivity index (χ0) is 25.4. The molecule has 0 aliphatic heterocycles. The maximum Gasteiger partial charge on any atom is 0.342 e. The van der Waals surface area contributed by atoms with E-state index in [1.165, 1.54) is 20.3 Å². The lowest BCUT2D eigenvalue weighted by atomic mass is 10.2. The van der Waals surface area contributed by atoms with Gasteiger partial charge in [0.25, 0.3) is 11.5 Å². The summed E-state index contributed by atoms with van der Waals surface area (Å²) < 4.78 is 16.5. The summed E-state index contributed by atoms with van der Waals surface area (Å²) in [5.74, 6) is -1.43. The topological polar surface area (TPSA) is 146 Å². The first-order chi connectivity index (χ1) is 16.9. The molecule has 0 aliphatic rings. The van der Waals surface area contributed by atoms with Crippen LogP contribution in [0.2, 0.25) is 0 Å². The van der Waals surface area contributed by atoms with Crippen LogP contribution in [0.3, 0.4) is 0 Å². The highest BCUT2D eigenvalue weighted by Gasteiger charge is 2.26. The average molecular weight is 482 g/mol. The number of para-hydroxylation sites is 1. The third kappa shape index (κ3) is 5.95. The van der Waals surface area contributed by atoms with Crippen LogP contribution in [0.1, 0.15) is 15.9 Å². The van der Waals surface area contributed by atoms with Crippen LogP contribution in [0.15, 0.2) is 64.2 Å². The smallest absolute Gasteiger partial charge is 0.342 e. The lowest BCUT2D eigenvalue weighted by molar-refractivity contribution is -0.121. The van der Waals surface area contributed by atoms with Gasteiger partial charge in [-0.15, -0.1) is 0 Å². The summed E-state index contributed by atoms with van der Waals surface area (Å²) >= 11 is 0. The number of rotatable bonds is 10. The molecule has 3 aromatic rings. The molecule has 0 radical (unpaired) electrons. The van der Waals surface area contributed by atoms with E-state index in [1.807, 2.05) is 6.07 Å². The van der Waals surface area contributed by atoms with Crippen LogP contribution in [-0.2, 0) is 20.8 Å². The number of nitrogens with two attached hydrogens (primary N) is 1. The number of nitrogens with one attached hydrogen (secondary N) is 1. The van der Waals surface area contributed by atoms with E-state index in [1.54, 1.807) is 42.5 Å². The maximum atomic E-state index is 13.1. The van der Waals surface area contributed by atoms with Gasteiger partial charge in [0.15, 0.2) is 12.3 Å². The zero-order valence-corrected chi connectivity index (χ0v) is 19.4. The first kappa shape index (κ1) is 25.2. The van der Waals surface area contributed by atoms with Crippen molar-refractivity contribution >= 4 is 23.4 Å². The van der Waals surface area contributed by atoms with Gasteiger partial charge < -0.3 is 19.9 Å². The van der Waals surface area contributed by atoms with Crippen molar-refractivity contribution in [3.8, 4) is 5.75 Å². The van der Waals surface area contributed by atoms with Crippen LogP contribution in [0, 0.1) is 0 Å². The summed E-state index contributed by atoms with van der Waals surface area (Å²) in [6.45, 7) is -0.622. The van der Waals surface area contributed by atoms with Gasteiger partial charge in [0, 0.05) is 13.7 Å². The Bertz CT molecular complexity index is 1300. The quantitative estimate of drug-likeness (QED) is 0.407. The number of hydrogen-bond acceptors (Lipinski definition) is 8. The summed E-state index contributed by atoms with van der Waals surface area (Å²) in [5, 5.41) is 0. The van der Waals surface area contributed by atoms with Crippen LogP contribution < -0.4 is 26.6 Å². The molecule has 11 nitrogen and oxygen atoms in total. The highest BCUT2D eigenvalue weighted by Crippen LogP contribution is 2.20. The van der Waals surface area contributed by atoms with Crippen molar-refractivity contribution in [1.29, 1.82) is 0 Å². The minimum atomic E-state index is -0.850. The van der Waals surface area contributed by atoms with E-state index >= 15 is 0 Å². The maximum absolute atomic E-state index is 13.1. The number of carbonyl (C=O) groups excluding carboxylic acids is 2. The van der Waals surface area contributed by atoms with Crippen molar-refractivity contribution < 1.29 is 23.8 Å². The number of methoxy groups -OCH3 is 2. The van der Waals surface area contributed by atoms with Crippen molar-refractivity contribution in [2.75, 3.05) is 44.6 Å². The number of nitrogens with zero attached hydrogens (tertiary/aromatic N) is 2. The number of ether oxygens (including phenoxy) is 3. The third-order valence-corrected chi connectivity index (χ3v) is 5.14. The molecule has 0 unspecified atom stereocenters. The molecule has 0 atom stereocenters. The van der Waals surface area contributed by atoms with Crippen molar-refractivity contribution in [3.63, 3.8) is 0 Å². The van der Waals surface area contributed by atoms with Crippen molar-refractivity contribution in [1.82, 2.24) is 9.55 Å². The minimum Gasteiger partial charge on any atom is -0.496 e. The molecule has 1 heterocycles. The normalized spacial score (nSPS) is 10.6. The summed E-state index contributed by atoms with van der Waals surface area (Å²) in [6.07, 6.45) is 0. The van der Waals surface area contributed by atoms with E-state index in [9.17, 15) is 19.2 Å². The van der Waals surface area contributed by atoms with E-state index in [0.717, 1.165) is 15.0 Å². The summed E-state index contributed by atoms with van der Waals surface area (Å²) in [4.78, 5) is 54.0. The molecular formula is C24H26N4O7. The van der Waals surface area contributed by atoms with Gasteiger partial charge in [-0.05, 0) is 17.7 Å². The summed E-state index contributed by atoms with van der Waals surface area (Å²) in [7, 11) is 2.83. The lowest BCUT2D eigenvalue weighted by Crippen LogP contribution is -2.44. The molecule has 3 N–H and O–H groups in total. The van der Waals surface area contributed by atoms with Gasteiger partial charge in [-0.2, -0.15) is 0 Å². The number of hydrogen-bond donors (Lipinski definition) is 2. The monoisotopic (exact) mass is 482 g/mol. The number of aromatic amines is 1. The molecule has 184 valence electrons. The summed E-state index contributed by atoms with van der Waals surface area (Å²) in [6, 6.07) is 15.4. The molecule has 0 spiro atoms. The number of esters is 1. The highest BCUT2D eigenvalue weighted by molar-refractivity contribution is 5.99. The van der Waals surface area contributed by atoms with Gasteiger partial charge in [0.1, 0.15) is 17.1 Å². The van der Waals surface area contributed by atoms with Crippen molar-refractivity contribution in [2.45, 2.75) is 6.54 Å². The molecule has 0 saturated heterocycles. The van der Waals surface area contributed by atoms with Gasteiger partial charge in [-0.3, -0.25) is 24.0 Å². The minimum absolute atomic E-state index is 0.0584. The van der Waals surface area contributed by atoms with Gasteiger partial charge >= 0.3 is 11.7 Å². The number of nitrogen functional groups attached to an aromatic ring is 1. The third-order valence-electron chi connectivity index (χ3n) is 5.14. The molecule has 1 aromatic heterocycles. The predicted molar refractivity (Wildman–Crippen MR) is 129 cm³/mol. The van der Waals surface area contributed by atoms with Gasteiger partial charge in [-0.1, -0.05) is 42.5 Å². The number of benzene rings is 2. The first-order valence-corrected chi connectivity index (χ1v) is 10.6. The molecule has 3 rings (SSSR count). The number of H-pyrrole nitrogens is 1. The van der Waals surface area contributed by atoms with Crippen LogP contribution in [0.25, 0.3) is 0 Å². The molecular weight excluding hydrogens is 456 g/mol. The predicted octanol–water partition coefficient (Wildman–Crippen LogP) is 1.01. The van der Waals surface area contributed by atoms with Crippen LogP contribution in [0.5, 0.6) is 5.75 Å². The van der Waals surface area contributed by atoms with E-state index < -0.39 is 29.7 Å². The zero-order valence-electron chi connectivity index (χ0n) is 19.4. The SMILES string of the molecule is COCCN(C(=O)COC(=O)c1ccccc1OC)c1c(N)n(Cc2ccccc2)c(=O)[nH]c1=O. The Balaban J connectivity index is 1.90. The van der Waals surface area contributed by atoms with E-state index in [0.29, 0.717) is 0 Å². The lowest BCUT2D eigenvalue weighted by Gasteiger charge is -2.24. The fourth-order valence-electron chi connectivity index (χ4n) is 3.40. The fraction of sp³-hybridized carbons (Fsp3) is 0.250. The first-order valence-electron chi connectivity index (χ1n) is 10.6. The Hall–Kier alpha value is -4.38.